The maximum Gasteiger partial charge on any atom is 0.334 e. The molecule has 6 nitrogen and oxygen atoms in total. The van der Waals surface area contributed by atoms with Crippen molar-refractivity contribution in [3.8, 4) is 17.8 Å². The third-order valence-corrected chi connectivity index (χ3v) is 2.61. The van der Waals surface area contributed by atoms with Crippen LogP contribution in [-0.4, -0.2) is 9.55 Å². The topological polar surface area (TPSA) is 102 Å². The lowest BCUT2D eigenvalue weighted by atomic mass is 10.1. The highest BCUT2D eigenvalue weighted by molar-refractivity contribution is 6.29. The van der Waals surface area contributed by atoms with Crippen molar-refractivity contribution in [2.24, 2.45) is 0 Å². The molecule has 0 amide bonds. The lowest BCUT2D eigenvalue weighted by Gasteiger charge is -2.05. The molecule has 2 aromatic rings. The molecule has 0 aliphatic carbocycles. The van der Waals surface area contributed by atoms with Gasteiger partial charge in [-0.1, -0.05) is 11.6 Å². The summed E-state index contributed by atoms with van der Waals surface area (Å²) in [4.78, 5) is 25.7. The van der Waals surface area contributed by atoms with Gasteiger partial charge in [0, 0.05) is 6.07 Å². The Labute approximate surface area is 111 Å². The summed E-state index contributed by atoms with van der Waals surface area (Å²) in [6.07, 6.45) is 0. The van der Waals surface area contributed by atoms with E-state index in [1.807, 2.05) is 12.1 Å². The number of halogens is 1. The summed E-state index contributed by atoms with van der Waals surface area (Å²) in [7, 11) is 0. The normalized spacial score (nSPS) is 9.63. The van der Waals surface area contributed by atoms with Crippen LogP contribution >= 0.6 is 11.6 Å². The van der Waals surface area contributed by atoms with Crippen molar-refractivity contribution < 1.29 is 0 Å². The third kappa shape index (κ3) is 2.25. The molecule has 0 spiro atoms. The van der Waals surface area contributed by atoms with Crippen molar-refractivity contribution in [3.05, 3.63) is 61.4 Å². The number of rotatable bonds is 1. The Kier molecular flexibility index (Phi) is 3.19. The quantitative estimate of drug-likeness (QED) is 0.780. The second-order valence-corrected chi connectivity index (χ2v) is 3.96. The van der Waals surface area contributed by atoms with Gasteiger partial charge in [-0.2, -0.15) is 10.5 Å². The molecule has 7 heteroatoms. The van der Waals surface area contributed by atoms with E-state index < -0.39 is 11.2 Å². The number of aromatic nitrogens is 2. The number of nitrogens with zero attached hydrogens (tertiary/aromatic N) is 3. The van der Waals surface area contributed by atoms with Crippen molar-refractivity contribution in [1.29, 1.82) is 10.5 Å². The zero-order valence-corrected chi connectivity index (χ0v) is 10.1. The molecule has 0 unspecified atom stereocenters. The third-order valence-electron chi connectivity index (χ3n) is 2.40. The number of H-pyrrole nitrogens is 1. The molecule has 2 rings (SSSR count). The van der Waals surface area contributed by atoms with Gasteiger partial charge in [-0.3, -0.25) is 9.78 Å². The molecule has 0 atom stereocenters. The van der Waals surface area contributed by atoms with Gasteiger partial charge in [0.2, 0.25) is 0 Å². The first kappa shape index (κ1) is 12.6. The standard InChI is InChI=1S/C12H5ClN4O2/c13-10-4-11(18)17(12(19)16-10)9-2-1-7(5-14)8(3-9)6-15/h1-4H,(H,16,19). The van der Waals surface area contributed by atoms with Crippen LogP contribution in [0, 0.1) is 22.7 Å². The van der Waals surface area contributed by atoms with Gasteiger partial charge < -0.3 is 0 Å². The molecule has 0 aliphatic heterocycles. The lowest BCUT2D eigenvalue weighted by Crippen LogP contribution is -2.33. The van der Waals surface area contributed by atoms with Crippen molar-refractivity contribution >= 4 is 11.6 Å². The van der Waals surface area contributed by atoms with Crippen LogP contribution in [0.15, 0.2) is 33.9 Å². The van der Waals surface area contributed by atoms with Crippen molar-refractivity contribution in [2.75, 3.05) is 0 Å². The summed E-state index contributed by atoms with van der Waals surface area (Å²) in [5, 5.41) is 17.6. The number of nitriles is 2. The van der Waals surface area contributed by atoms with Crippen LogP contribution in [0.1, 0.15) is 11.1 Å². The average molecular weight is 273 g/mol. The molecule has 0 saturated carbocycles. The Morgan fingerprint density at radius 3 is 2.37 bits per heavy atom. The van der Waals surface area contributed by atoms with Crippen LogP contribution in [0.4, 0.5) is 0 Å². The molecule has 1 aromatic carbocycles. The van der Waals surface area contributed by atoms with Crippen LogP contribution in [0.25, 0.3) is 5.69 Å². The Balaban J connectivity index is 2.76. The van der Waals surface area contributed by atoms with Gasteiger partial charge in [-0.25, -0.2) is 9.36 Å². The van der Waals surface area contributed by atoms with Crippen LogP contribution in [0.2, 0.25) is 5.15 Å². The van der Waals surface area contributed by atoms with Gasteiger partial charge in [0.15, 0.2) is 0 Å². The maximum absolute atomic E-state index is 11.7. The van der Waals surface area contributed by atoms with E-state index >= 15 is 0 Å². The largest absolute Gasteiger partial charge is 0.334 e. The van der Waals surface area contributed by atoms with E-state index in [-0.39, 0.29) is 22.0 Å². The highest BCUT2D eigenvalue weighted by Crippen LogP contribution is 2.12. The van der Waals surface area contributed by atoms with E-state index in [0.717, 1.165) is 10.6 Å². The van der Waals surface area contributed by atoms with Crippen molar-refractivity contribution in [1.82, 2.24) is 9.55 Å². The Morgan fingerprint density at radius 2 is 1.79 bits per heavy atom. The van der Waals surface area contributed by atoms with Crippen molar-refractivity contribution in [3.63, 3.8) is 0 Å². The second-order valence-electron chi connectivity index (χ2n) is 3.55. The van der Waals surface area contributed by atoms with Crippen LogP contribution < -0.4 is 11.2 Å². The molecule has 1 heterocycles. The summed E-state index contributed by atoms with van der Waals surface area (Å²) in [5.41, 5.74) is -0.891. The first-order chi connectivity index (χ1) is 9.06. The fourth-order valence-electron chi connectivity index (χ4n) is 1.57. The summed E-state index contributed by atoms with van der Waals surface area (Å²) in [6.45, 7) is 0. The second kappa shape index (κ2) is 4.81. The van der Waals surface area contributed by atoms with E-state index in [2.05, 4.69) is 4.98 Å². The van der Waals surface area contributed by atoms with Gasteiger partial charge in [-0.15, -0.1) is 0 Å². The van der Waals surface area contributed by atoms with Crippen LogP contribution in [-0.2, 0) is 0 Å². The molecule has 0 fully saturated rings. The summed E-state index contributed by atoms with van der Waals surface area (Å²) < 4.78 is 0.827. The van der Waals surface area contributed by atoms with Crippen LogP contribution in [0.5, 0.6) is 0 Å². The summed E-state index contributed by atoms with van der Waals surface area (Å²) >= 11 is 5.55. The Hall–Kier alpha value is -2.83. The zero-order valence-electron chi connectivity index (χ0n) is 9.35. The summed E-state index contributed by atoms with van der Waals surface area (Å²) in [6, 6.07) is 8.80. The average Bonchev–Trinajstić information content (AvgIpc) is 2.37. The molecule has 0 saturated heterocycles. The SMILES string of the molecule is N#Cc1ccc(-n2c(=O)cc(Cl)[nH]c2=O)cc1C#N. The van der Waals surface area contributed by atoms with Crippen LogP contribution in [0.3, 0.4) is 0 Å². The minimum atomic E-state index is -0.717. The minimum absolute atomic E-state index is 0.0691. The first-order valence-corrected chi connectivity index (χ1v) is 5.41. The van der Waals surface area contributed by atoms with E-state index in [0.29, 0.717) is 0 Å². The fraction of sp³-hybridized carbons (Fsp3) is 0. The van der Waals surface area contributed by atoms with E-state index in [1.54, 1.807) is 0 Å². The van der Waals surface area contributed by atoms with Gasteiger partial charge >= 0.3 is 5.69 Å². The predicted octanol–water partition coefficient (Wildman–Crippen LogP) is 0.923. The van der Waals surface area contributed by atoms with Crippen molar-refractivity contribution in [2.45, 2.75) is 0 Å². The highest BCUT2D eigenvalue weighted by atomic mass is 35.5. The van der Waals surface area contributed by atoms with E-state index in [1.165, 1.54) is 18.2 Å². The zero-order chi connectivity index (χ0) is 14.0. The monoisotopic (exact) mass is 272 g/mol. The van der Waals surface area contributed by atoms with Gasteiger partial charge in [0.05, 0.1) is 16.8 Å². The number of hydrogen-bond acceptors (Lipinski definition) is 4. The maximum atomic E-state index is 11.7. The first-order valence-electron chi connectivity index (χ1n) is 5.03. The molecular weight excluding hydrogens is 268 g/mol. The molecule has 19 heavy (non-hydrogen) atoms. The Bertz CT molecular complexity index is 820. The molecule has 92 valence electrons. The molecule has 1 aromatic heterocycles. The van der Waals surface area contributed by atoms with Gasteiger partial charge in [-0.05, 0) is 18.2 Å². The van der Waals surface area contributed by atoms with Gasteiger partial charge in [0.1, 0.15) is 17.3 Å². The van der Waals surface area contributed by atoms with E-state index in [4.69, 9.17) is 22.1 Å². The fourth-order valence-corrected chi connectivity index (χ4v) is 1.75. The number of hydrogen-bond donors (Lipinski definition) is 1. The molecular formula is C12H5ClN4O2. The number of aromatic amines is 1. The Morgan fingerprint density at radius 1 is 1.11 bits per heavy atom. The molecule has 0 bridgehead atoms. The molecule has 0 radical (unpaired) electrons. The lowest BCUT2D eigenvalue weighted by molar-refractivity contribution is 0.875. The highest BCUT2D eigenvalue weighted by Gasteiger charge is 2.09. The van der Waals surface area contributed by atoms with E-state index in [9.17, 15) is 9.59 Å². The minimum Gasteiger partial charge on any atom is -0.297 e. The molecule has 0 aliphatic rings. The number of nitrogens with one attached hydrogen (secondary N) is 1. The summed E-state index contributed by atoms with van der Waals surface area (Å²) in [5.74, 6) is 0. The smallest absolute Gasteiger partial charge is 0.297 e. The molecule has 1 N–H and O–H groups in total. The number of benzene rings is 1. The predicted molar refractivity (Wildman–Crippen MR) is 67.1 cm³/mol. The van der Waals surface area contributed by atoms with Gasteiger partial charge in [0.25, 0.3) is 5.56 Å².